The molecule has 146 valence electrons. The SMILES string of the molecule is Cc1nc2c(C(=O)N[C@H]3CC[C@H](OC(C)(C)C)CC3)ccn2c2c1CCC2. The molecule has 2 aromatic rings. The van der Waals surface area contributed by atoms with E-state index in [0.29, 0.717) is 11.7 Å². The van der Waals surface area contributed by atoms with Gasteiger partial charge in [0.15, 0.2) is 0 Å². The number of nitrogens with one attached hydrogen (secondary N) is 1. The van der Waals surface area contributed by atoms with Gasteiger partial charge < -0.3 is 14.5 Å². The lowest BCUT2D eigenvalue weighted by Crippen LogP contribution is -2.40. The molecular weight excluding hydrogens is 338 g/mol. The molecule has 1 N–H and O–H groups in total. The lowest BCUT2D eigenvalue weighted by atomic mass is 9.92. The summed E-state index contributed by atoms with van der Waals surface area (Å²) in [4.78, 5) is 17.7. The summed E-state index contributed by atoms with van der Waals surface area (Å²) in [5.41, 5.74) is 5.16. The summed E-state index contributed by atoms with van der Waals surface area (Å²) < 4.78 is 8.21. The molecule has 1 fully saturated rings. The van der Waals surface area contributed by atoms with Crippen molar-refractivity contribution in [1.29, 1.82) is 0 Å². The summed E-state index contributed by atoms with van der Waals surface area (Å²) in [7, 11) is 0. The topological polar surface area (TPSA) is 55.6 Å². The fourth-order valence-electron chi connectivity index (χ4n) is 4.63. The fourth-order valence-corrected chi connectivity index (χ4v) is 4.63. The van der Waals surface area contributed by atoms with Gasteiger partial charge in [0, 0.05) is 23.6 Å². The highest BCUT2D eigenvalue weighted by Gasteiger charge is 2.27. The van der Waals surface area contributed by atoms with Gasteiger partial charge >= 0.3 is 0 Å². The van der Waals surface area contributed by atoms with Crippen molar-refractivity contribution in [3.63, 3.8) is 0 Å². The summed E-state index contributed by atoms with van der Waals surface area (Å²) >= 11 is 0. The van der Waals surface area contributed by atoms with Crippen LogP contribution in [0.15, 0.2) is 12.3 Å². The number of aryl methyl sites for hydroxylation is 2. The number of ether oxygens (including phenoxy) is 1. The van der Waals surface area contributed by atoms with Gasteiger partial charge in [-0.25, -0.2) is 4.98 Å². The molecule has 27 heavy (non-hydrogen) atoms. The molecule has 0 aromatic carbocycles. The van der Waals surface area contributed by atoms with Gasteiger partial charge in [0.2, 0.25) is 0 Å². The van der Waals surface area contributed by atoms with E-state index in [9.17, 15) is 4.79 Å². The summed E-state index contributed by atoms with van der Waals surface area (Å²) in [5.74, 6) is 0.00235. The minimum absolute atomic E-state index is 0.00235. The van der Waals surface area contributed by atoms with E-state index in [1.165, 1.54) is 17.7 Å². The van der Waals surface area contributed by atoms with Crippen LogP contribution >= 0.6 is 0 Å². The van der Waals surface area contributed by atoms with Crippen LogP contribution in [0.2, 0.25) is 0 Å². The quantitative estimate of drug-likeness (QED) is 0.890. The molecule has 5 nitrogen and oxygen atoms in total. The van der Waals surface area contributed by atoms with E-state index in [-0.39, 0.29) is 17.6 Å². The third-order valence-electron chi connectivity index (χ3n) is 5.82. The maximum Gasteiger partial charge on any atom is 0.255 e. The Bertz CT molecular complexity index is 855. The second-order valence-corrected chi connectivity index (χ2v) is 9.08. The lowest BCUT2D eigenvalue weighted by molar-refractivity contribution is -0.0757. The van der Waals surface area contributed by atoms with Crippen molar-refractivity contribution < 1.29 is 9.53 Å². The van der Waals surface area contributed by atoms with Gasteiger partial charge in [-0.05, 0) is 84.3 Å². The van der Waals surface area contributed by atoms with Gasteiger partial charge in [0.25, 0.3) is 5.91 Å². The molecule has 0 atom stereocenters. The summed E-state index contributed by atoms with van der Waals surface area (Å²) in [6.45, 7) is 8.37. The Balaban J connectivity index is 1.45. The number of fused-ring (bicyclic) bond motifs is 3. The van der Waals surface area contributed by atoms with Crippen LogP contribution in [-0.2, 0) is 17.6 Å². The number of carbonyl (C=O) groups is 1. The number of hydrogen-bond acceptors (Lipinski definition) is 3. The normalized spacial score (nSPS) is 22.8. The molecule has 2 aliphatic carbocycles. The molecule has 1 amide bonds. The average molecular weight is 370 g/mol. The predicted molar refractivity (Wildman–Crippen MR) is 106 cm³/mol. The van der Waals surface area contributed by atoms with E-state index < -0.39 is 0 Å². The van der Waals surface area contributed by atoms with Crippen molar-refractivity contribution in [2.45, 2.75) is 90.4 Å². The molecule has 0 aliphatic heterocycles. The van der Waals surface area contributed by atoms with E-state index in [2.05, 4.69) is 37.4 Å². The fraction of sp³-hybridized carbons (Fsp3) is 0.636. The third-order valence-corrected chi connectivity index (χ3v) is 5.82. The van der Waals surface area contributed by atoms with Gasteiger partial charge in [-0.15, -0.1) is 0 Å². The Morgan fingerprint density at radius 1 is 1.22 bits per heavy atom. The van der Waals surface area contributed by atoms with Crippen molar-refractivity contribution in [2.75, 3.05) is 0 Å². The molecule has 1 saturated carbocycles. The van der Waals surface area contributed by atoms with E-state index in [1.54, 1.807) is 0 Å². The molecule has 0 unspecified atom stereocenters. The number of carbonyl (C=O) groups excluding carboxylic acids is 1. The number of rotatable bonds is 3. The highest BCUT2D eigenvalue weighted by Crippen LogP contribution is 2.28. The highest BCUT2D eigenvalue weighted by molar-refractivity contribution is 6.00. The average Bonchev–Trinajstić information content (AvgIpc) is 3.22. The van der Waals surface area contributed by atoms with Crippen molar-refractivity contribution in [3.05, 3.63) is 34.8 Å². The van der Waals surface area contributed by atoms with Crippen molar-refractivity contribution in [3.8, 4) is 0 Å². The second kappa shape index (κ2) is 6.93. The molecule has 0 spiro atoms. The first kappa shape index (κ1) is 18.5. The smallest absolute Gasteiger partial charge is 0.255 e. The molecule has 0 bridgehead atoms. The van der Waals surface area contributed by atoms with E-state index in [1.807, 2.05) is 12.3 Å². The van der Waals surface area contributed by atoms with Crippen LogP contribution in [0.1, 0.15) is 80.2 Å². The van der Waals surface area contributed by atoms with Crippen molar-refractivity contribution in [2.24, 2.45) is 0 Å². The summed E-state index contributed by atoms with van der Waals surface area (Å²) in [6.07, 6.45) is 9.62. The van der Waals surface area contributed by atoms with Crippen LogP contribution in [0.3, 0.4) is 0 Å². The van der Waals surface area contributed by atoms with Crippen molar-refractivity contribution >= 4 is 11.6 Å². The Morgan fingerprint density at radius 2 is 1.96 bits per heavy atom. The van der Waals surface area contributed by atoms with E-state index >= 15 is 0 Å². The van der Waals surface area contributed by atoms with E-state index in [4.69, 9.17) is 9.72 Å². The zero-order chi connectivity index (χ0) is 19.2. The van der Waals surface area contributed by atoms with Gasteiger partial charge in [0.05, 0.1) is 17.3 Å². The maximum atomic E-state index is 12.9. The minimum atomic E-state index is -0.101. The van der Waals surface area contributed by atoms with Crippen LogP contribution in [0.5, 0.6) is 0 Å². The number of aromatic nitrogens is 2. The molecule has 2 aromatic heterocycles. The molecule has 0 saturated heterocycles. The number of amides is 1. The second-order valence-electron chi connectivity index (χ2n) is 9.08. The van der Waals surface area contributed by atoms with Crippen LogP contribution < -0.4 is 5.32 Å². The Labute approximate surface area is 161 Å². The minimum Gasteiger partial charge on any atom is -0.373 e. The number of hydrogen-bond donors (Lipinski definition) is 1. The zero-order valence-electron chi connectivity index (χ0n) is 17.0. The monoisotopic (exact) mass is 369 g/mol. The molecule has 0 radical (unpaired) electrons. The largest absolute Gasteiger partial charge is 0.373 e. The molecular formula is C22H31N3O2. The number of nitrogens with zero attached hydrogens (tertiary/aromatic N) is 2. The van der Waals surface area contributed by atoms with Gasteiger partial charge in [-0.1, -0.05) is 0 Å². The van der Waals surface area contributed by atoms with Crippen molar-refractivity contribution in [1.82, 2.24) is 14.7 Å². The molecule has 2 aliphatic rings. The highest BCUT2D eigenvalue weighted by atomic mass is 16.5. The van der Waals surface area contributed by atoms with Crippen LogP contribution in [-0.4, -0.2) is 33.0 Å². The van der Waals surface area contributed by atoms with E-state index in [0.717, 1.165) is 49.9 Å². The Morgan fingerprint density at radius 3 is 2.67 bits per heavy atom. The molecule has 5 heteroatoms. The third kappa shape index (κ3) is 3.75. The standard InChI is InChI=1S/C22H31N3O2/c1-14-17-6-5-7-19(17)25-13-12-18(20(25)23-14)21(26)24-15-8-10-16(11-9-15)27-22(2,3)4/h12-13,15-16H,5-11H2,1-4H3,(H,24,26)/t15-,16-. The zero-order valence-corrected chi connectivity index (χ0v) is 17.0. The van der Waals surface area contributed by atoms with Gasteiger partial charge in [-0.3, -0.25) is 4.79 Å². The first-order chi connectivity index (χ1) is 12.8. The van der Waals surface area contributed by atoms with Gasteiger partial charge in [0.1, 0.15) is 5.65 Å². The first-order valence-electron chi connectivity index (χ1n) is 10.3. The Hall–Kier alpha value is -1.88. The lowest BCUT2D eigenvalue weighted by Gasteiger charge is -2.33. The van der Waals surface area contributed by atoms with Crippen LogP contribution in [0.25, 0.3) is 5.65 Å². The van der Waals surface area contributed by atoms with Gasteiger partial charge in [-0.2, -0.15) is 0 Å². The summed E-state index contributed by atoms with van der Waals surface area (Å²) in [5, 5.41) is 3.24. The molecule has 4 rings (SSSR count). The molecule has 2 heterocycles. The Kier molecular flexibility index (Phi) is 4.75. The maximum absolute atomic E-state index is 12.9. The van der Waals surface area contributed by atoms with Crippen LogP contribution in [0, 0.1) is 6.92 Å². The summed E-state index contributed by atoms with van der Waals surface area (Å²) in [6, 6.07) is 2.15. The van der Waals surface area contributed by atoms with Crippen LogP contribution in [0.4, 0.5) is 0 Å². The first-order valence-corrected chi connectivity index (χ1v) is 10.3. The predicted octanol–water partition coefficient (Wildman–Crippen LogP) is 3.99.